The second-order valence-electron chi connectivity index (χ2n) is 6.31. The van der Waals surface area contributed by atoms with Crippen LogP contribution in [0, 0.1) is 6.92 Å². The highest BCUT2D eigenvalue weighted by atomic mass is 16.1. The van der Waals surface area contributed by atoms with Crippen molar-refractivity contribution in [2.75, 3.05) is 13.1 Å². The zero-order chi connectivity index (χ0) is 18.5. The smallest absolute Gasteiger partial charge is 0.257 e. The third-order valence-electron chi connectivity index (χ3n) is 4.57. The maximum Gasteiger partial charge on any atom is 0.257 e. The van der Waals surface area contributed by atoms with Gasteiger partial charge in [0.25, 0.3) is 5.91 Å². The third-order valence-corrected chi connectivity index (χ3v) is 4.57. The molecule has 1 N–H and O–H groups in total. The maximum absolute atomic E-state index is 12.6. The summed E-state index contributed by atoms with van der Waals surface area (Å²) in [7, 11) is 0. The summed E-state index contributed by atoms with van der Waals surface area (Å²) in [5.74, 6) is -0.150. The Morgan fingerprint density at radius 1 is 1.15 bits per heavy atom. The molecule has 2 aromatic heterocycles. The number of fused-ring (bicyclic) bond motifs is 1. The van der Waals surface area contributed by atoms with Crippen molar-refractivity contribution in [3.05, 3.63) is 65.1 Å². The van der Waals surface area contributed by atoms with Crippen molar-refractivity contribution >= 4 is 11.6 Å². The third kappa shape index (κ3) is 3.91. The fraction of sp³-hybridized carbons (Fsp3) is 0.350. The average Bonchev–Trinajstić information content (AvgIpc) is 3.01. The van der Waals surface area contributed by atoms with Crippen LogP contribution in [0.3, 0.4) is 0 Å². The summed E-state index contributed by atoms with van der Waals surface area (Å²) < 4.78 is 1.63. The van der Waals surface area contributed by atoms with Crippen LogP contribution in [0.25, 0.3) is 5.65 Å². The molecule has 0 aliphatic carbocycles. The number of rotatable bonds is 7. The molecule has 0 saturated carbocycles. The maximum atomic E-state index is 12.6. The first-order valence-corrected chi connectivity index (χ1v) is 9.00. The quantitative estimate of drug-likeness (QED) is 0.711. The fourth-order valence-corrected chi connectivity index (χ4v) is 3.00. The minimum atomic E-state index is -0.150. The molecule has 3 rings (SSSR count). The average molecular weight is 351 g/mol. The van der Waals surface area contributed by atoms with Gasteiger partial charge in [-0.3, -0.25) is 9.69 Å². The number of hydrogen-bond acceptors (Lipinski definition) is 4. The van der Waals surface area contributed by atoms with E-state index in [2.05, 4.69) is 58.4 Å². The van der Waals surface area contributed by atoms with Gasteiger partial charge >= 0.3 is 0 Å². The Kier molecular flexibility index (Phi) is 5.63. The monoisotopic (exact) mass is 351 g/mol. The molecule has 3 aromatic rings. The molecule has 0 radical (unpaired) electrons. The number of amides is 1. The lowest BCUT2D eigenvalue weighted by Crippen LogP contribution is -2.24. The fourth-order valence-electron chi connectivity index (χ4n) is 3.00. The minimum Gasteiger partial charge on any atom is -0.348 e. The Bertz CT molecular complexity index is 881. The van der Waals surface area contributed by atoms with Crippen molar-refractivity contribution < 1.29 is 4.79 Å². The van der Waals surface area contributed by atoms with E-state index in [0.717, 1.165) is 25.2 Å². The molecule has 26 heavy (non-hydrogen) atoms. The number of nitrogens with zero attached hydrogens (tertiary/aromatic N) is 4. The molecular formula is C20H25N5O. The first-order valence-electron chi connectivity index (χ1n) is 9.00. The Labute approximate surface area is 153 Å². The highest BCUT2D eigenvalue weighted by molar-refractivity contribution is 6.00. The zero-order valence-electron chi connectivity index (χ0n) is 15.6. The number of aromatic nitrogens is 3. The molecule has 1 amide bonds. The number of benzene rings is 1. The van der Waals surface area contributed by atoms with Crippen molar-refractivity contribution in [1.29, 1.82) is 0 Å². The molecular weight excluding hydrogens is 326 g/mol. The molecule has 0 spiro atoms. The van der Waals surface area contributed by atoms with Crippen molar-refractivity contribution in [3.63, 3.8) is 0 Å². The molecule has 0 fully saturated rings. The molecule has 0 atom stereocenters. The Morgan fingerprint density at radius 3 is 2.54 bits per heavy atom. The van der Waals surface area contributed by atoms with E-state index < -0.39 is 0 Å². The molecule has 0 unspecified atom stereocenters. The van der Waals surface area contributed by atoms with Gasteiger partial charge in [0, 0.05) is 25.5 Å². The summed E-state index contributed by atoms with van der Waals surface area (Å²) in [6.45, 7) is 9.69. The number of hydrogen-bond donors (Lipinski definition) is 1. The Balaban J connectivity index is 1.65. The summed E-state index contributed by atoms with van der Waals surface area (Å²) in [6, 6.07) is 10.2. The van der Waals surface area contributed by atoms with Crippen LogP contribution in [0.5, 0.6) is 0 Å². The summed E-state index contributed by atoms with van der Waals surface area (Å²) in [5.41, 5.74) is 4.15. The molecule has 136 valence electrons. The normalized spacial score (nSPS) is 11.2. The minimum absolute atomic E-state index is 0.150. The van der Waals surface area contributed by atoms with E-state index in [-0.39, 0.29) is 5.91 Å². The van der Waals surface area contributed by atoms with Crippen LogP contribution in [0.2, 0.25) is 0 Å². The van der Waals surface area contributed by atoms with Crippen molar-refractivity contribution in [3.8, 4) is 0 Å². The van der Waals surface area contributed by atoms with Crippen LogP contribution >= 0.6 is 0 Å². The predicted molar refractivity (Wildman–Crippen MR) is 102 cm³/mol. The van der Waals surface area contributed by atoms with Gasteiger partial charge in [-0.1, -0.05) is 38.1 Å². The van der Waals surface area contributed by atoms with Gasteiger partial charge in [-0.2, -0.15) is 5.10 Å². The van der Waals surface area contributed by atoms with E-state index in [0.29, 0.717) is 23.4 Å². The van der Waals surface area contributed by atoms with E-state index in [1.807, 2.05) is 6.92 Å². The second-order valence-corrected chi connectivity index (χ2v) is 6.31. The van der Waals surface area contributed by atoms with Gasteiger partial charge in [0.1, 0.15) is 5.56 Å². The summed E-state index contributed by atoms with van der Waals surface area (Å²) in [5, 5.41) is 7.31. The topological polar surface area (TPSA) is 62.5 Å². The van der Waals surface area contributed by atoms with Crippen LogP contribution in [0.4, 0.5) is 0 Å². The van der Waals surface area contributed by atoms with Crippen molar-refractivity contribution in [1.82, 2.24) is 24.8 Å². The first-order chi connectivity index (χ1) is 12.6. The van der Waals surface area contributed by atoms with E-state index in [1.54, 1.807) is 23.0 Å². The van der Waals surface area contributed by atoms with Gasteiger partial charge in [0.05, 0.1) is 5.69 Å². The van der Waals surface area contributed by atoms with E-state index in [4.69, 9.17) is 0 Å². The summed E-state index contributed by atoms with van der Waals surface area (Å²) in [4.78, 5) is 19.2. The lowest BCUT2D eigenvalue weighted by atomic mass is 10.1. The van der Waals surface area contributed by atoms with Gasteiger partial charge in [-0.25, -0.2) is 9.50 Å². The predicted octanol–water partition coefficient (Wildman–Crippen LogP) is 2.81. The van der Waals surface area contributed by atoms with Gasteiger partial charge in [0.15, 0.2) is 5.65 Å². The van der Waals surface area contributed by atoms with E-state index in [1.165, 1.54) is 5.56 Å². The Hall–Kier alpha value is -2.73. The van der Waals surface area contributed by atoms with Crippen LogP contribution in [0.1, 0.15) is 41.0 Å². The molecule has 6 nitrogen and oxygen atoms in total. The van der Waals surface area contributed by atoms with Crippen molar-refractivity contribution in [2.45, 2.75) is 33.9 Å². The highest BCUT2D eigenvalue weighted by Crippen LogP contribution is 2.13. The molecule has 6 heteroatoms. The molecule has 0 bridgehead atoms. The summed E-state index contributed by atoms with van der Waals surface area (Å²) >= 11 is 0. The van der Waals surface area contributed by atoms with Gasteiger partial charge in [-0.15, -0.1) is 0 Å². The number of carbonyl (C=O) groups excluding carboxylic acids is 1. The van der Waals surface area contributed by atoms with Crippen LogP contribution in [-0.4, -0.2) is 38.5 Å². The molecule has 1 aromatic carbocycles. The summed E-state index contributed by atoms with van der Waals surface area (Å²) in [6.07, 6.45) is 3.46. The van der Waals surface area contributed by atoms with E-state index in [9.17, 15) is 4.79 Å². The van der Waals surface area contributed by atoms with Crippen molar-refractivity contribution in [2.24, 2.45) is 0 Å². The molecule has 0 saturated heterocycles. The standard InChI is InChI=1S/C20H25N5O/c1-4-24(5-2)14-17-9-7-16(8-10-17)13-22-20(26)18-15(3)23-25-12-6-11-21-19(18)25/h6-12H,4-5,13-14H2,1-3H3,(H,22,26). The van der Waals surface area contributed by atoms with Gasteiger partial charge in [0.2, 0.25) is 0 Å². The number of carbonyl (C=O) groups is 1. The van der Waals surface area contributed by atoms with Gasteiger partial charge < -0.3 is 5.32 Å². The number of nitrogens with one attached hydrogen (secondary N) is 1. The lowest BCUT2D eigenvalue weighted by Gasteiger charge is -2.18. The lowest BCUT2D eigenvalue weighted by molar-refractivity contribution is 0.0951. The zero-order valence-corrected chi connectivity index (χ0v) is 15.6. The van der Waals surface area contributed by atoms with Gasteiger partial charge in [-0.05, 0) is 37.2 Å². The molecule has 0 aliphatic heterocycles. The van der Waals surface area contributed by atoms with E-state index >= 15 is 0 Å². The molecule has 2 heterocycles. The van der Waals surface area contributed by atoms with Crippen LogP contribution < -0.4 is 5.32 Å². The SMILES string of the molecule is CCN(CC)Cc1ccc(CNC(=O)c2c(C)nn3cccnc23)cc1. The highest BCUT2D eigenvalue weighted by Gasteiger charge is 2.17. The second kappa shape index (κ2) is 8.10. The first kappa shape index (κ1) is 18.1. The van der Waals surface area contributed by atoms with Crippen LogP contribution in [0.15, 0.2) is 42.7 Å². The molecule has 0 aliphatic rings. The largest absolute Gasteiger partial charge is 0.348 e. The number of aryl methyl sites for hydroxylation is 1. The Morgan fingerprint density at radius 2 is 1.85 bits per heavy atom. The van der Waals surface area contributed by atoms with Crippen LogP contribution in [-0.2, 0) is 13.1 Å².